The van der Waals surface area contributed by atoms with Crippen LogP contribution in [0.3, 0.4) is 0 Å². The first-order chi connectivity index (χ1) is 9.72. The summed E-state index contributed by atoms with van der Waals surface area (Å²) in [6.45, 7) is 0.366. The first kappa shape index (κ1) is 13.7. The Labute approximate surface area is 132 Å². The van der Waals surface area contributed by atoms with Gasteiger partial charge in [-0.3, -0.25) is 0 Å². The summed E-state index contributed by atoms with van der Waals surface area (Å²) in [5, 5.41) is 7.07. The predicted octanol–water partition coefficient (Wildman–Crippen LogP) is 5.35. The van der Waals surface area contributed by atoms with Crippen LogP contribution in [0.5, 0.6) is 5.75 Å². The summed E-state index contributed by atoms with van der Waals surface area (Å²) in [5.74, 6) is 0.314. The Bertz CT molecular complexity index is 712. The zero-order valence-electron chi connectivity index (χ0n) is 10.2. The van der Waals surface area contributed by atoms with Crippen LogP contribution in [-0.4, -0.2) is 4.98 Å². The number of hydrogen-bond donors (Lipinski definition) is 0. The minimum Gasteiger partial charge on any atom is -0.486 e. The van der Waals surface area contributed by atoms with Gasteiger partial charge in [-0.05, 0) is 45.6 Å². The molecule has 6 heteroatoms. The summed E-state index contributed by atoms with van der Waals surface area (Å²) in [4.78, 5) is 4.53. The van der Waals surface area contributed by atoms with Crippen LogP contribution in [0.25, 0.3) is 10.6 Å². The van der Waals surface area contributed by atoms with Crippen LogP contribution in [0.1, 0.15) is 5.69 Å². The molecule has 3 aromatic rings. The smallest absolute Gasteiger partial charge is 0.134 e. The highest BCUT2D eigenvalue weighted by atomic mass is 79.9. The fourth-order valence-electron chi connectivity index (χ4n) is 1.64. The second kappa shape index (κ2) is 6.03. The summed E-state index contributed by atoms with van der Waals surface area (Å²) in [6.07, 6.45) is 0. The molecule has 0 radical (unpaired) electrons. The van der Waals surface area contributed by atoms with Crippen LogP contribution in [0.4, 0.5) is 4.39 Å². The molecule has 2 nitrogen and oxygen atoms in total. The molecule has 2 heterocycles. The average molecular weight is 370 g/mol. The lowest BCUT2D eigenvalue weighted by molar-refractivity contribution is 0.300. The maximum absolute atomic E-state index is 13.0. The van der Waals surface area contributed by atoms with Crippen LogP contribution in [-0.2, 0) is 6.61 Å². The Morgan fingerprint density at radius 2 is 2.15 bits per heavy atom. The van der Waals surface area contributed by atoms with E-state index in [2.05, 4.69) is 26.3 Å². The molecule has 0 saturated heterocycles. The van der Waals surface area contributed by atoms with Gasteiger partial charge in [-0.2, -0.15) is 11.3 Å². The predicted molar refractivity (Wildman–Crippen MR) is 83.9 cm³/mol. The fourth-order valence-corrected chi connectivity index (χ4v) is 3.62. The molecule has 0 N–H and O–H groups in total. The molecular weight excluding hydrogens is 361 g/mol. The number of nitrogens with zero attached hydrogens (tertiary/aromatic N) is 1. The Kier molecular flexibility index (Phi) is 4.14. The highest BCUT2D eigenvalue weighted by Gasteiger charge is 2.07. The Hall–Kier alpha value is -1.24. The molecule has 3 rings (SSSR count). The summed E-state index contributed by atoms with van der Waals surface area (Å²) in [7, 11) is 0. The molecule has 0 atom stereocenters. The standard InChI is InChI=1S/C14H9BrFNOS2/c15-12-5-10(16)1-2-13(12)18-6-11-8-20-14(17-11)9-3-4-19-7-9/h1-5,7-8H,6H2. The zero-order chi connectivity index (χ0) is 13.9. The molecule has 0 aliphatic rings. The third kappa shape index (κ3) is 3.08. The van der Waals surface area contributed by atoms with Gasteiger partial charge in [0.05, 0.1) is 10.2 Å². The Balaban J connectivity index is 1.70. The van der Waals surface area contributed by atoms with E-state index in [-0.39, 0.29) is 5.82 Å². The van der Waals surface area contributed by atoms with E-state index in [9.17, 15) is 4.39 Å². The quantitative estimate of drug-likeness (QED) is 0.618. The van der Waals surface area contributed by atoms with Gasteiger partial charge < -0.3 is 4.74 Å². The van der Waals surface area contributed by atoms with Gasteiger partial charge >= 0.3 is 0 Å². The number of rotatable bonds is 4. The van der Waals surface area contributed by atoms with Crippen LogP contribution < -0.4 is 4.74 Å². The number of thiophene rings is 1. The minimum atomic E-state index is -0.294. The molecule has 0 amide bonds. The van der Waals surface area contributed by atoms with Gasteiger partial charge in [0, 0.05) is 16.3 Å². The molecule has 1 aromatic carbocycles. The monoisotopic (exact) mass is 369 g/mol. The third-order valence-corrected chi connectivity index (χ3v) is 4.83. The lowest BCUT2D eigenvalue weighted by Crippen LogP contribution is -1.96. The van der Waals surface area contributed by atoms with Crippen molar-refractivity contribution in [3.05, 3.63) is 56.4 Å². The third-order valence-electron chi connectivity index (χ3n) is 2.59. The van der Waals surface area contributed by atoms with Crippen molar-refractivity contribution in [1.82, 2.24) is 4.98 Å². The number of aromatic nitrogens is 1. The van der Waals surface area contributed by atoms with Crippen LogP contribution >= 0.6 is 38.6 Å². The summed E-state index contributed by atoms with van der Waals surface area (Å²) in [6, 6.07) is 6.40. The van der Waals surface area contributed by atoms with Gasteiger partial charge in [0.25, 0.3) is 0 Å². The SMILES string of the molecule is Fc1ccc(OCc2csc(-c3ccsc3)n2)c(Br)c1. The molecule has 0 fully saturated rings. The van der Waals surface area contributed by atoms with E-state index >= 15 is 0 Å². The molecule has 0 aliphatic carbocycles. The molecule has 0 unspecified atom stereocenters. The Morgan fingerprint density at radius 1 is 1.25 bits per heavy atom. The van der Waals surface area contributed by atoms with Gasteiger partial charge in [0.2, 0.25) is 0 Å². The molecular formula is C14H9BrFNOS2. The van der Waals surface area contributed by atoms with Crippen molar-refractivity contribution in [1.29, 1.82) is 0 Å². The normalized spacial score (nSPS) is 10.7. The van der Waals surface area contributed by atoms with E-state index < -0.39 is 0 Å². The number of halogens is 2. The van der Waals surface area contributed by atoms with Crippen LogP contribution in [0.15, 0.2) is 44.9 Å². The maximum Gasteiger partial charge on any atom is 0.134 e. The largest absolute Gasteiger partial charge is 0.486 e. The second-order valence-electron chi connectivity index (χ2n) is 4.02. The van der Waals surface area contributed by atoms with Crippen molar-refractivity contribution in [3.8, 4) is 16.3 Å². The average Bonchev–Trinajstić information content (AvgIpc) is 3.08. The van der Waals surface area contributed by atoms with Crippen molar-refractivity contribution in [2.24, 2.45) is 0 Å². The van der Waals surface area contributed by atoms with E-state index in [1.54, 1.807) is 28.7 Å². The number of benzene rings is 1. The maximum atomic E-state index is 13.0. The van der Waals surface area contributed by atoms with E-state index in [1.807, 2.05) is 16.8 Å². The van der Waals surface area contributed by atoms with Gasteiger partial charge in [-0.1, -0.05) is 0 Å². The fraction of sp³-hybridized carbons (Fsp3) is 0.0714. The van der Waals surface area contributed by atoms with Crippen molar-refractivity contribution in [2.45, 2.75) is 6.61 Å². The van der Waals surface area contributed by atoms with Gasteiger partial charge in [-0.25, -0.2) is 9.37 Å². The van der Waals surface area contributed by atoms with E-state index in [1.165, 1.54) is 12.1 Å². The Morgan fingerprint density at radius 3 is 2.90 bits per heavy atom. The summed E-state index contributed by atoms with van der Waals surface area (Å²) < 4.78 is 19.2. The van der Waals surface area contributed by atoms with Gasteiger partial charge in [0.1, 0.15) is 23.2 Å². The summed E-state index contributed by atoms with van der Waals surface area (Å²) >= 11 is 6.52. The number of hydrogen-bond acceptors (Lipinski definition) is 4. The molecule has 20 heavy (non-hydrogen) atoms. The highest BCUT2D eigenvalue weighted by molar-refractivity contribution is 9.10. The lowest BCUT2D eigenvalue weighted by atomic mass is 10.3. The second-order valence-corrected chi connectivity index (χ2v) is 6.51. The van der Waals surface area contributed by atoms with Crippen molar-refractivity contribution < 1.29 is 9.13 Å². The molecule has 0 saturated carbocycles. The molecule has 102 valence electrons. The van der Waals surface area contributed by atoms with Gasteiger partial charge in [0.15, 0.2) is 0 Å². The zero-order valence-corrected chi connectivity index (χ0v) is 13.4. The van der Waals surface area contributed by atoms with E-state index in [4.69, 9.17) is 4.74 Å². The van der Waals surface area contributed by atoms with Crippen molar-refractivity contribution in [2.75, 3.05) is 0 Å². The van der Waals surface area contributed by atoms with Crippen molar-refractivity contribution >= 4 is 38.6 Å². The molecule has 0 bridgehead atoms. The number of ether oxygens (including phenoxy) is 1. The lowest BCUT2D eigenvalue weighted by Gasteiger charge is -2.06. The first-order valence-electron chi connectivity index (χ1n) is 5.77. The van der Waals surface area contributed by atoms with Crippen LogP contribution in [0.2, 0.25) is 0 Å². The first-order valence-corrected chi connectivity index (χ1v) is 8.39. The summed E-state index contributed by atoms with van der Waals surface area (Å²) in [5.41, 5.74) is 2.00. The number of thiazole rings is 1. The minimum absolute atomic E-state index is 0.294. The van der Waals surface area contributed by atoms with E-state index in [0.29, 0.717) is 16.8 Å². The molecule has 0 aliphatic heterocycles. The topological polar surface area (TPSA) is 22.1 Å². The molecule has 2 aromatic heterocycles. The van der Waals surface area contributed by atoms with Crippen molar-refractivity contribution in [3.63, 3.8) is 0 Å². The highest BCUT2D eigenvalue weighted by Crippen LogP contribution is 2.28. The molecule has 0 spiro atoms. The van der Waals surface area contributed by atoms with Gasteiger partial charge in [-0.15, -0.1) is 11.3 Å². The van der Waals surface area contributed by atoms with Crippen LogP contribution in [0, 0.1) is 5.82 Å². The van der Waals surface area contributed by atoms with E-state index in [0.717, 1.165) is 16.3 Å².